The monoisotopic (exact) mass is 655 g/mol. The van der Waals surface area contributed by atoms with Crippen LogP contribution in [0.5, 0.6) is 5.75 Å². The van der Waals surface area contributed by atoms with Crippen molar-refractivity contribution in [3.8, 4) is 16.9 Å². The van der Waals surface area contributed by atoms with Gasteiger partial charge in [0.05, 0.1) is 5.56 Å². The summed E-state index contributed by atoms with van der Waals surface area (Å²) in [6, 6.07) is 9.86. The summed E-state index contributed by atoms with van der Waals surface area (Å²) in [6.45, 7) is 7.96. The lowest BCUT2D eigenvalue weighted by Crippen LogP contribution is -2.62. The number of phenolic OH excluding ortho intramolecular Hbond substituents is 1. The molecule has 4 aliphatic carbocycles. The van der Waals surface area contributed by atoms with Crippen molar-refractivity contribution in [3.63, 3.8) is 0 Å². The number of nitrogens with two attached hydrogens (primary N) is 1. The zero-order valence-corrected chi connectivity index (χ0v) is 28.5. The Hall–Kier alpha value is -3.91. The van der Waals surface area contributed by atoms with Crippen LogP contribution in [0, 0.1) is 35.5 Å². The average Bonchev–Trinajstić information content (AvgIpc) is 3.03. The van der Waals surface area contributed by atoms with Crippen LogP contribution in [0.1, 0.15) is 94.9 Å². The van der Waals surface area contributed by atoms with Crippen LogP contribution < -0.4 is 5.73 Å². The molecule has 0 aromatic heterocycles. The number of fused-ring (bicyclic) bond motifs is 3. The highest BCUT2D eigenvalue weighted by Crippen LogP contribution is 2.55. The summed E-state index contributed by atoms with van der Waals surface area (Å²) in [4.78, 5) is 39.9. The van der Waals surface area contributed by atoms with Crippen molar-refractivity contribution >= 4 is 23.2 Å². The van der Waals surface area contributed by atoms with Crippen LogP contribution in [-0.4, -0.2) is 43.5 Å². The van der Waals surface area contributed by atoms with Gasteiger partial charge < -0.3 is 26.2 Å². The number of carbonyl (C=O) groups is 3. The van der Waals surface area contributed by atoms with Crippen molar-refractivity contribution in [3.05, 3.63) is 69.5 Å². The first-order valence-electron chi connectivity index (χ1n) is 17.8. The van der Waals surface area contributed by atoms with E-state index in [2.05, 4.69) is 32.0 Å². The third kappa shape index (κ3) is 5.37. The van der Waals surface area contributed by atoms with Gasteiger partial charge in [0.15, 0.2) is 11.4 Å². The molecule has 6 N–H and O–H groups in total. The number of hydrogen-bond acceptors (Lipinski definition) is 7. The number of aliphatic hydroxyl groups excluding tert-OH is 2. The normalized spacial score (nSPS) is 28.8. The van der Waals surface area contributed by atoms with Gasteiger partial charge in [0.2, 0.25) is 5.78 Å². The van der Waals surface area contributed by atoms with Gasteiger partial charge in [-0.05, 0) is 96.1 Å². The quantitative estimate of drug-likeness (QED) is 0.198. The van der Waals surface area contributed by atoms with Gasteiger partial charge in [-0.3, -0.25) is 14.4 Å². The molecule has 0 spiro atoms. The van der Waals surface area contributed by atoms with Crippen LogP contribution >= 0.6 is 0 Å². The molecule has 48 heavy (non-hydrogen) atoms. The maximum atomic E-state index is 14.2. The van der Waals surface area contributed by atoms with Crippen molar-refractivity contribution in [2.75, 3.05) is 0 Å². The van der Waals surface area contributed by atoms with Crippen molar-refractivity contribution in [1.29, 1.82) is 0 Å². The highest BCUT2D eigenvalue weighted by molar-refractivity contribution is 6.23. The number of hydrogen-bond donors (Lipinski definition) is 5. The topological polar surface area (TPSA) is 158 Å². The summed E-state index contributed by atoms with van der Waals surface area (Å²) in [5.41, 5.74) is 7.19. The number of benzene rings is 2. The van der Waals surface area contributed by atoms with Crippen LogP contribution in [0.15, 0.2) is 47.2 Å². The van der Waals surface area contributed by atoms with Crippen LogP contribution in [0.4, 0.5) is 0 Å². The van der Waals surface area contributed by atoms with E-state index in [4.69, 9.17) is 5.73 Å². The summed E-state index contributed by atoms with van der Waals surface area (Å²) >= 11 is 0. The fraction of sp³-hybridized carbons (Fsp3) is 0.525. The fourth-order valence-corrected chi connectivity index (χ4v) is 9.53. The molecule has 8 nitrogen and oxygen atoms in total. The van der Waals surface area contributed by atoms with E-state index < -0.39 is 57.9 Å². The Labute approximate surface area is 282 Å². The predicted octanol–water partition coefficient (Wildman–Crippen LogP) is 6.68. The first-order valence-corrected chi connectivity index (χ1v) is 17.8. The number of amides is 1. The maximum absolute atomic E-state index is 14.2. The smallest absolute Gasteiger partial charge is 0.255 e. The van der Waals surface area contributed by atoms with Crippen molar-refractivity contribution in [2.24, 2.45) is 41.2 Å². The Morgan fingerprint density at radius 3 is 2.29 bits per heavy atom. The fourth-order valence-electron chi connectivity index (χ4n) is 9.53. The van der Waals surface area contributed by atoms with Gasteiger partial charge in [-0.25, -0.2) is 0 Å². The van der Waals surface area contributed by atoms with Gasteiger partial charge in [-0.15, -0.1) is 0 Å². The number of aliphatic hydroxyl groups is 3. The van der Waals surface area contributed by atoms with Gasteiger partial charge in [0.25, 0.3) is 5.91 Å². The molecule has 2 aromatic rings. The third-order valence-electron chi connectivity index (χ3n) is 11.9. The van der Waals surface area contributed by atoms with Crippen LogP contribution in [0.3, 0.4) is 0 Å². The first-order chi connectivity index (χ1) is 22.8. The van der Waals surface area contributed by atoms with Crippen molar-refractivity contribution in [2.45, 2.75) is 97.5 Å². The molecule has 2 aromatic carbocycles. The SMILES string of the molecule is CCCC1CCC(Cc2cc(-c3ccc(O)c4c3C[C@H]3C[C@H]5[C@H](C(C)C)C(=O)C(C(N)=O)=C(O)[C@@]5(O)C(=O)C3=C4O)ccc2CC)CC1. The van der Waals surface area contributed by atoms with E-state index in [0.29, 0.717) is 11.5 Å². The van der Waals surface area contributed by atoms with Gasteiger partial charge >= 0.3 is 0 Å². The van der Waals surface area contributed by atoms with E-state index in [0.717, 1.165) is 29.9 Å². The van der Waals surface area contributed by atoms with Crippen LogP contribution in [0.25, 0.3) is 16.9 Å². The second-order valence-corrected chi connectivity index (χ2v) is 15.0. The van der Waals surface area contributed by atoms with E-state index in [9.17, 15) is 34.8 Å². The molecule has 0 aliphatic heterocycles. The highest BCUT2D eigenvalue weighted by Gasteiger charge is 2.64. The minimum Gasteiger partial charge on any atom is -0.508 e. The van der Waals surface area contributed by atoms with E-state index >= 15 is 0 Å². The zero-order valence-electron chi connectivity index (χ0n) is 28.5. The summed E-state index contributed by atoms with van der Waals surface area (Å²) < 4.78 is 0. The van der Waals surface area contributed by atoms with Crippen molar-refractivity contribution < 1.29 is 34.8 Å². The highest BCUT2D eigenvalue weighted by atomic mass is 16.3. The number of primary amides is 1. The molecule has 0 bridgehead atoms. The molecular weight excluding hydrogens is 606 g/mol. The van der Waals surface area contributed by atoms with E-state index in [1.54, 1.807) is 13.8 Å². The molecule has 6 rings (SSSR count). The van der Waals surface area contributed by atoms with Gasteiger partial charge in [0.1, 0.15) is 22.8 Å². The second-order valence-electron chi connectivity index (χ2n) is 15.0. The molecule has 4 aliphatic rings. The standard InChI is InChI=1S/C40H49NO7/c1-5-7-21-8-10-22(11-9-21)16-25-17-24(13-12-23(25)6-2)27-14-15-30(42)33-28(27)18-26-19-29-31(20(3)4)35(43)34(39(41)47)38(46)40(29,48)37(45)32(26)36(33)44/h12-15,17,20-22,26,29,31,42,44,46,48H,5-11,16,18-19H2,1-4H3,(H2,41,47)/t21?,22?,26-,29-,31-,40-/m0/s1. The number of aryl methyl sites for hydroxylation is 1. The van der Waals surface area contributed by atoms with Gasteiger partial charge in [-0.2, -0.15) is 0 Å². The maximum Gasteiger partial charge on any atom is 0.255 e. The van der Waals surface area contributed by atoms with E-state index in [1.165, 1.54) is 55.7 Å². The molecule has 2 saturated carbocycles. The molecule has 0 unspecified atom stereocenters. The average molecular weight is 656 g/mol. The number of ketones is 2. The Morgan fingerprint density at radius 1 is 0.979 bits per heavy atom. The number of carbonyl (C=O) groups excluding carboxylic acids is 3. The minimum atomic E-state index is -2.61. The van der Waals surface area contributed by atoms with Crippen LogP contribution in [-0.2, 0) is 33.6 Å². The Bertz CT molecular complexity index is 1730. The first kappa shape index (κ1) is 34.0. The van der Waals surface area contributed by atoms with E-state index in [1.807, 2.05) is 6.07 Å². The van der Waals surface area contributed by atoms with Crippen molar-refractivity contribution in [1.82, 2.24) is 0 Å². The Kier molecular flexibility index (Phi) is 9.09. The number of aromatic hydroxyl groups is 1. The number of rotatable bonds is 8. The van der Waals surface area contributed by atoms with E-state index in [-0.39, 0.29) is 35.6 Å². The third-order valence-corrected chi connectivity index (χ3v) is 11.9. The summed E-state index contributed by atoms with van der Waals surface area (Å²) in [5, 5.41) is 45.8. The lowest BCUT2D eigenvalue weighted by atomic mass is 9.54. The molecule has 0 heterocycles. The zero-order chi connectivity index (χ0) is 34.7. The summed E-state index contributed by atoms with van der Waals surface area (Å²) in [6.07, 6.45) is 9.91. The molecular formula is C40H49NO7. The van der Waals surface area contributed by atoms with Gasteiger partial charge in [-0.1, -0.05) is 77.6 Å². The molecule has 0 radical (unpaired) electrons. The molecule has 2 fully saturated rings. The molecule has 1 amide bonds. The molecule has 8 heteroatoms. The molecule has 256 valence electrons. The largest absolute Gasteiger partial charge is 0.508 e. The number of Topliss-reactive ketones (excluding diaryl/α,β-unsaturated/α-hetero) is 2. The summed E-state index contributed by atoms with van der Waals surface area (Å²) in [5.74, 6) is -6.09. The lowest BCUT2D eigenvalue weighted by Gasteiger charge is -2.50. The Morgan fingerprint density at radius 2 is 1.67 bits per heavy atom. The lowest BCUT2D eigenvalue weighted by molar-refractivity contribution is -0.155. The summed E-state index contributed by atoms with van der Waals surface area (Å²) in [7, 11) is 0. The Balaban J connectivity index is 1.42. The number of phenols is 1. The molecule has 4 atom stereocenters. The van der Waals surface area contributed by atoms with Crippen LogP contribution in [0.2, 0.25) is 0 Å². The minimum absolute atomic E-state index is 0.0988. The van der Waals surface area contributed by atoms with Gasteiger partial charge in [0, 0.05) is 17.4 Å². The second kappa shape index (κ2) is 12.8. The predicted molar refractivity (Wildman–Crippen MR) is 184 cm³/mol. The molecule has 0 saturated heterocycles.